The summed E-state index contributed by atoms with van der Waals surface area (Å²) in [6, 6.07) is 22.2. The zero-order valence-corrected chi connectivity index (χ0v) is 18.6. The molecule has 0 radical (unpaired) electrons. The van der Waals surface area contributed by atoms with Crippen LogP contribution in [0.1, 0.15) is 24.1 Å². The molecule has 0 spiro atoms. The number of para-hydroxylation sites is 1. The highest BCUT2D eigenvalue weighted by molar-refractivity contribution is 5.98. The highest BCUT2D eigenvalue weighted by atomic mass is 16.5. The molecule has 7 heteroatoms. The van der Waals surface area contributed by atoms with Gasteiger partial charge in [-0.25, -0.2) is 14.6 Å². The first-order chi connectivity index (χ1) is 16.7. The Bertz CT molecular complexity index is 1530. The van der Waals surface area contributed by atoms with E-state index in [1.165, 1.54) is 6.33 Å². The lowest BCUT2D eigenvalue weighted by atomic mass is 9.88. The Morgan fingerprint density at radius 1 is 0.941 bits per heavy atom. The van der Waals surface area contributed by atoms with Gasteiger partial charge in [-0.05, 0) is 41.8 Å². The third-order valence-electron chi connectivity index (χ3n) is 6.25. The van der Waals surface area contributed by atoms with Crippen LogP contribution >= 0.6 is 0 Å². The molecule has 7 nitrogen and oxygen atoms in total. The maximum atomic E-state index is 6.31. The van der Waals surface area contributed by atoms with Gasteiger partial charge in [-0.2, -0.15) is 5.10 Å². The van der Waals surface area contributed by atoms with Crippen LogP contribution in [0.3, 0.4) is 0 Å². The summed E-state index contributed by atoms with van der Waals surface area (Å²) in [5.41, 5.74) is 13.0. The summed E-state index contributed by atoms with van der Waals surface area (Å²) < 4.78 is 8.11. The Kier molecular flexibility index (Phi) is 4.80. The van der Waals surface area contributed by atoms with Gasteiger partial charge in [0, 0.05) is 23.5 Å². The Labute approximate surface area is 196 Å². The van der Waals surface area contributed by atoms with Gasteiger partial charge in [0.2, 0.25) is 0 Å². The fourth-order valence-corrected chi connectivity index (χ4v) is 4.59. The van der Waals surface area contributed by atoms with Gasteiger partial charge in [0.15, 0.2) is 5.65 Å². The lowest BCUT2D eigenvalue weighted by Crippen LogP contribution is -2.21. The van der Waals surface area contributed by atoms with Gasteiger partial charge in [0.05, 0.1) is 11.4 Å². The molecule has 0 bridgehead atoms. The van der Waals surface area contributed by atoms with Crippen molar-refractivity contribution in [1.29, 1.82) is 0 Å². The van der Waals surface area contributed by atoms with Crippen molar-refractivity contribution in [1.82, 2.24) is 24.7 Å². The maximum Gasteiger partial charge on any atom is 0.164 e. The second-order valence-electron chi connectivity index (χ2n) is 8.22. The maximum absolute atomic E-state index is 6.31. The van der Waals surface area contributed by atoms with E-state index in [-0.39, 0.29) is 6.04 Å². The van der Waals surface area contributed by atoms with Crippen LogP contribution in [0.4, 0.5) is 5.82 Å². The number of aromatic nitrogens is 5. The van der Waals surface area contributed by atoms with E-state index in [1.807, 2.05) is 41.1 Å². The largest absolute Gasteiger partial charge is 0.488 e. The van der Waals surface area contributed by atoms with E-state index in [9.17, 15) is 0 Å². The predicted molar refractivity (Wildman–Crippen MR) is 132 cm³/mol. The number of hydrogen-bond acceptors (Lipinski definition) is 6. The summed E-state index contributed by atoms with van der Waals surface area (Å²) in [7, 11) is 0. The van der Waals surface area contributed by atoms with Crippen molar-refractivity contribution in [3.63, 3.8) is 0 Å². The quantitative estimate of drug-likeness (QED) is 0.421. The second kappa shape index (κ2) is 8.12. The predicted octanol–water partition coefficient (Wildman–Crippen LogP) is 4.93. The molecule has 0 saturated heterocycles. The van der Waals surface area contributed by atoms with Crippen LogP contribution in [0.25, 0.3) is 27.9 Å². The van der Waals surface area contributed by atoms with Crippen LogP contribution in [0.2, 0.25) is 0 Å². The Balaban J connectivity index is 1.59. The van der Waals surface area contributed by atoms with E-state index in [4.69, 9.17) is 15.6 Å². The fraction of sp³-hybridized carbons (Fsp3) is 0.111. The molecule has 1 aliphatic rings. The first-order valence-corrected chi connectivity index (χ1v) is 11.1. The monoisotopic (exact) mass is 446 g/mol. The second-order valence-corrected chi connectivity index (χ2v) is 8.22. The van der Waals surface area contributed by atoms with E-state index in [0.29, 0.717) is 23.8 Å². The van der Waals surface area contributed by atoms with Crippen molar-refractivity contribution in [3.05, 3.63) is 102 Å². The Hall–Kier alpha value is -4.52. The van der Waals surface area contributed by atoms with Crippen LogP contribution in [0.5, 0.6) is 5.75 Å². The molecule has 5 aromatic rings. The highest BCUT2D eigenvalue weighted by Gasteiger charge is 2.28. The SMILES string of the molecule is CC(C1=C(c2ccccc2)c2ccccc2OC1)n1nc(-c2cccnc2)c2c(N)ncnc21. The zero-order chi connectivity index (χ0) is 23.1. The molecule has 2 N–H and O–H groups in total. The van der Waals surface area contributed by atoms with Gasteiger partial charge < -0.3 is 10.5 Å². The molecule has 166 valence electrons. The molecule has 4 heterocycles. The molecule has 0 fully saturated rings. The normalized spacial score (nSPS) is 14.0. The number of nitrogens with zero attached hydrogens (tertiary/aromatic N) is 5. The summed E-state index contributed by atoms with van der Waals surface area (Å²) >= 11 is 0. The summed E-state index contributed by atoms with van der Waals surface area (Å²) in [4.78, 5) is 13.1. The number of fused-ring (bicyclic) bond motifs is 2. The number of anilines is 1. The van der Waals surface area contributed by atoms with Gasteiger partial charge in [-0.15, -0.1) is 0 Å². The minimum absolute atomic E-state index is 0.147. The number of nitrogen functional groups attached to an aromatic ring is 1. The minimum Gasteiger partial charge on any atom is -0.488 e. The third-order valence-corrected chi connectivity index (χ3v) is 6.25. The van der Waals surface area contributed by atoms with Gasteiger partial charge in [0.25, 0.3) is 0 Å². The molecule has 0 saturated carbocycles. The van der Waals surface area contributed by atoms with Crippen molar-refractivity contribution in [2.75, 3.05) is 12.3 Å². The molecule has 1 atom stereocenters. The first kappa shape index (κ1) is 20.1. The molecule has 6 rings (SSSR count). The van der Waals surface area contributed by atoms with Crippen molar-refractivity contribution in [3.8, 4) is 17.0 Å². The van der Waals surface area contributed by atoms with Crippen LogP contribution in [0.15, 0.2) is 91.0 Å². The topological polar surface area (TPSA) is 91.7 Å². The number of rotatable bonds is 4. The first-order valence-electron chi connectivity index (χ1n) is 11.1. The van der Waals surface area contributed by atoms with Crippen molar-refractivity contribution in [2.45, 2.75) is 13.0 Å². The van der Waals surface area contributed by atoms with Crippen molar-refractivity contribution >= 4 is 22.4 Å². The molecule has 0 aliphatic carbocycles. The number of pyridine rings is 1. The number of benzene rings is 2. The van der Waals surface area contributed by atoms with Gasteiger partial charge >= 0.3 is 0 Å². The molecular weight excluding hydrogens is 424 g/mol. The molecular formula is C27H22N6O. The summed E-state index contributed by atoms with van der Waals surface area (Å²) in [5.74, 6) is 1.27. The molecule has 1 aliphatic heterocycles. The zero-order valence-electron chi connectivity index (χ0n) is 18.6. The number of hydrogen-bond donors (Lipinski definition) is 1. The van der Waals surface area contributed by atoms with E-state index < -0.39 is 0 Å². The lowest BCUT2D eigenvalue weighted by molar-refractivity contribution is 0.327. The summed E-state index contributed by atoms with van der Waals surface area (Å²) in [6.07, 6.45) is 4.99. The van der Waals surface area contributed by atoms with E-state index in [2.05, 4.69) is 52.2 Å². The van der Waals surface area contributed by atoms with Gasteiger partial charge in [0.1, 0.15) is 30.2 Å². The smallest absolute Gasteiger partial charge is 0.164 e. The summed E-state index contributed by atoms with van der Waals surface area (Å²) in [5, 5.41) is 5.71. The standard InChI is InChI=1S/C27H22N6O/c1-17(21-15-34-22-12-6-5-11-20(22)23(21)18-8-3-2-4-9-18)33-27-24(26(28)30-16-31-27)25(32-33)19-10-7-13-29-14-19/h2-14,16-17H,15H2,1H3,(H2,28,30,31). The molecule has 2 aromatic carbocycles. The average molecular weight is 447 g/mol. The minimum atomic E-state index is -0.147. The van der Waals surface area contributed by atoms with Gasteiger partial charge in [-0.3, -0.25) is 4.98 Å². The third kappa shape index (κ3) is 3.21. The van der Waals surface area contributed by atoms with Crippen molar-refractivity contribution in [2.24, 2.45) is 0 Å². The molecule has 3 aromatic heterocycles. The number of nitrogens with two attached hydrogens (primary N) is 1. The summed E-state index contributed by atoms with van der Waals surface area (Å²) in [6.45, 7) is 2.57. The average Bonchev–Trinajstić information content (AvgIpc) is 3.30. The molecule has 0 amide bonds. The number of ether oxygens (including phenoxy) is 1. The Morgan fingerprint density at radius 2 is 1.74 bits per heavy atom. The molecule has 34 heavy (non-hydrogen) atoms. The van der Waals surface area contributed by atoms with Crippen LogP contribution < -0.4 is 10.5 Å². The lowest BCUT2D eigenvalue weighted by Gasteiger charge is -2.28. The van der Waals surface area contributed by atoms with Crippen molar-refractivity contribution < 1.29 is 4.74 Å². The van der Waals surface area contributed by atoms with Gasteiger partial charge in [-0.1, -0.05) is 48.5 Å². The Morgan fingerprint density at radius 3 is 2.56 bits per heavy atom. The molecule has 1 unspecified atom stereocenters. The fourth-order valence-electron chi connectivity index (χ4n) is 4.59. The van der Waals surface area contributed by atoms with E-state index in [1.54, 1.807) is 12.4 Å². The van der Waals surface area contributed by atoms with Crippen LogP contribution in [-0.2, 0) is 0 Å². The van der Waals surface area contributed by atoms with E-state index >= 15 is 0 Å². The van der Waals surface area contributed by atoms with Crippen LogP contribution in [0, 0.1) is 0 Å². The van der Waals surface area contributed by atoms with Crippen LogP contribution in [-0.4, -0.2) is 31.3 Å². The highest BCUT2D eigenvalue weighted by Crippen LogP contribution is 2.42. The van der Waals surface area contributed by atoms with E-state index in [0.717, 1.165) is 39.0 Å².